The highest BCUT2D eigenvalue weighted by Gasteiger charge is 2.21. The third-order valence-corrected chi connectivity index (χ3v) is 3.79. The molecule has 0 aromatic heterocycles. The largest absolute Gasteiger partial charge is 0.399 e. The molecule has 0 saturated carbocycles. The Kier molecular flexibility index (Phi) is 4.43. The standard InChI is InChI=1S/C15H23N3O/c1-3-18-8-4-5-13(10-18)17-15(19)14-9-12(16)7-6-11(14)2/h6-7,9,13H,3-5,8,10,16H2,1-2H3,(H,17,19). The minimum atomic E-state index is -0.00671. The molecule has 1 aliphatic rings. The molecule has 0 aliphatic carbocycles. The van der Waals surface area contributed by atoms with Crippen LogP contribution in [0, 0.1) is 6.92 Å². The van der Waals surface area contributed by atoms with Crippen molar-refractivity contribution >= 4 is 11.6 Å². The van der Waals surface area contributed by atoms with Gasteiger partial charge in [-0.05, 0) is 50.6 Å². The molecule has 104 valence electrons. The lowest BCUT2D eigenvalue weighted by molar-refractivity contribution is 0.0905. The molecule has 19 heavy (non-hydrogen) atoms. The number of aryl methyl sites for hydroxylation is 1. The minimum Gasteiger partial charge on any atom is -0.399 e. The minimum absolute atomic E-state index is 0.00671. The molecule has 0 radical (unpaired) electrons. The summed E-state index contributed by atoms with van der Waals surface area (Å²) in [4.78, 5) is 14.7. The van der Waals surface area contributed by atoms with E-state index in [-0.39, 0.29) is 11.9 Å². The van der Waals surface area contributed by atoms with E-state index in [0.717, 1.165) is 38.0 Å². The number of hydrogen-bond donors (Lipinski definition) is 2. The molecule has 0 bridgehead atoms. The molecule has 1 heterocycles. The van der Waals surface area contributed by atoms with E-state index in [2.05, 4.69) is 17.1 Å². The first-order valence-electron chi connectivity index (χ1n) is 6.99. The van der Waals surface area contributed by atoms with Crippen LogP contribution in [0.2, 0.25) is 0 Å². The molecule has 1 unspecified atom stereocenters. The molecule has 1 aliphatic heterocycles. The fraction of sp³-hybridized carbons (Fsp3) is 0.533. The summed E-state index contributed by atoms with van der Waals surface area (Å²) in [6, 6.07) is 5.72. The maximum atomic E-state index is 12.3. The van der Waals surface area contributed by atoms with Crippen molar-refractivity contribution in [2.45, 2.75) is 32.7 Å². The number of likely N-dealkylation sites (N-methyl/N-ethyl adjacent to an activating group) is 1. The molecule has 2 rings (SSSR count). The number of nitrogens with two attached hydrogens (primary N) is 1. The van der Waals surface area contributed by atoms with E-state index in [4.69, 9.17) is 5.73 Å². The molecule has 0 spiro atoms. The van der Waals surface area contributed by atoms with E-state index in [1.807, 2.05) is 19.1 Å². The first kappa shape index (κ1) is 13.9. The number of anilines is 1. The van der Waals surface area contributed by atoms with Gasteiger partial charge >= 0.3 is 0 Å². The molecular weight excluding hydrogens is 238 g/mol. The molecule has 1 aromatic rings. The predicted octanol–water partition coefficient (Wildman–Crippen LogP) is 1.79. The number of amides is 1. The fourth-order valence-corrected chi connectivity index (χ4v) is 2.61. The number of hydrogen-bond acceptors (Lipinski definition) is 3. The van der Waals surface area contributed by atoms with Gasteiger partial charge in [-0.25, -0.2) is 0 Å². The Morgan fingerprint density at radius 2 is 2.32 bits per heavy atom. The number of benzene rings is 1. The third kappa shape index (κ3) is 3.47. The average Bonchev–Trinajstić information content (AvgIpc) is 2.41. The van der Waals surface area contributed by atoms with E-state index in [9.17, 15) is 4.79 Å². The van der Waals surface area contributed by atoms with Gasteiger partial charge in [0.05, 0.1) is 0 Å². The van der Waals surface area contributed by atoms with Gasteiger partial charge in [0.15, 0.2) is 0 Å². The second-order valence-electron chi connectivity index (χ2n) is 5.28. The van der Waals surface area contributed by atoms with Crippen molar-refractivity contribution in [3.63, 3.8) is 0 Å². The van der Waals surface area contributed by atoms with Crippen LogP contribution in [-0.2, 0) is 0 Å². The Labute approximate surface area is 115 Å². The van der Waals surface area contributed by atoms with Crippen molar-refractivity contribution in [1.29, 1.82) is 0 Å². The maximum Gasteiger partial charge on any atom is 0.251 e. The second kappa shape index (κ2) is 6.06. The number of nitrogen functional groups attached to an aromatic ring is 1. The fourth-order valence-electron chi connectivity index (χ4n) is 2.61. The number of nitrogens with zero attached hydrogens (tertiary/aromatic N) is 1. The van der Waals surface area contributed by atoms with Gasteiger partial charge in [0, 0.05) is 23.8 Å². The van der Waals surface area contributed by atoms with Crippen molar-refractivity contribution in [2.24, 2.45) is 0 Å². The summed E-state index contributed by atoms with van der Waals surface area (Å²) >= 11 is 0. The van der Waals surface area contributed by atoms with Crippen LogP contribution in [0.15, 0.2) is 18.2 Å². The van der Waals surface area contributed by atoms with Crippen LogP contribution in [0.5, 0.6) is 0 Å². The summed E-state index contributed by atoms with van der Waals surface area (Å²) in [6.07, 6.45) is 2.21. The summed E-state index contributed by atoms with van der Waals surface area (Å²) in [5.41, 5.74) is 8.04. The van der Waals surface area contributed by atoms with Gasteiger partial charge in [-0.2, -0.15) is 0 Å². The van der Waals surface area contributed by atoms with E-state index in [0.29, 0.717) is 11.3 Å². The first-order chi connectivity index (χ1) is 9.10. The van der Waals surface area contributed by atoms with Crippen LogP contribution in [0.1, 0.15) is 35.7 Å². The van der Waals surface area contributed by atoms with Crippen molar-refractivity contribution in [2.75, 3.05) is 25.4 Å². The zero-order valence-corrected chi connectivity index (χ0v) is 11.8. The lowest BCUT2D eigenvalue weighted by Gasteiger charge is -2.32. The Hall–Kier alpha value is -1.55. The quantitative estimate of drug-likeness (QED) is 0.816. The number of nitrogens with one attached hydrogen (secondary N) is 1. The van der Waals surface area contributed by atoms with Crippen LogP contribution in [0.4, 0.5) is 5.69 Å². The van der Waals surface area contributed by atoms with Crippen LogP contribution < -0.4 is 11.1 Å². The van der Waals surface area contributed by atoms with Gasteiger partial charge in [0.1, 0.15) is 0 Å². The zero-order valence-electron chi connectivity index (χ0n) is 11.8. The van der Waals surface area contributed by atoms with Gasteiger partial charge in [0.2, 0.25) is 0 Å². The monoisotopic (exact) mass is 261 g/mol. The summed E-state index contributed by atoms with van der Waals surface area (Å²) in [5, 5.41) is 3.13. The predicted molar refractivity (Wildman–Crippen MR) is 78.2 cm³/mol. The molecule has 1 amide bonds. The molecular formula is C15H23N3O. The number of carbonyl (C=O) groups is 1. The molecule has 4 nitrogen and oxygen atoms in total. The Morgan fingerprint density at radius 3 is 3.05 bits per heavy atom. The topological polar surface area (TPSA) is 58.4 Å². The van der Waals surface area contributed by atoms with Gasteiger partial charge in [0.25, 0.3) is 5.91 Å². The van der Waals surface area contributed by atoms with Crippen LogP contribution in [0.3, 0.4) is 0 Å². The highest BCUT2D eigenvalue weighted by atomic mass is 16.1. The third-order valence-electron chi connectivity index (χ3n) is 3.79. The van der Waals surface area contributed by atoms with E-state index >= 15 is 0 Å². The van der Waals surface area contributed by atoms with Gasteiger partial charge in [-0.3, -0.25) is 4.79 Å². The summed E-state index contributed by atoms with van der Waals surface area (Å²) in [6.45, 7) is 7.23. The summed E-state index contributed by atoms with van der Waals surface area (Å²) in [5.74, 6) is -0.00671. The molecule has 1 atom stereocenters. The van der Waals surface area contributed by atoms with Gasteiger partial charge in [-0.1, -0.05) is 13.0 Å². The SMILES string of the molecule is CCN1CCCC(NC(=O)c2cc(N)ccc2C)C1. The van der Waals surface area contributed by atoms with Crippen LogP contribution in [0.25, 0.3) is 0 Å². The lowest BCUT2D eigenvalue weighted by atomic mass is 10.0. The van der Waals surface area contributed by atoms with Crippen molar-refractivity contribution in [3.05, 3.63) is 29.3 Å². The number of piperidine rings is 1. The normalized spacial score (nSPS) is 20.2. The average molecular weight is 261 g/mol. The molecule has 1 saturated heterocycles. The molecule has 3 N–H and O–H groups in total. The van der Waals surface area contributed by atoms with Gasteiger partial charge in [-0.15, -0.1) is 0 Å². The number of rotatable bonds is 3. The Bertz CT molecular complexity index is 459. The number of likely N-dealkylation sites (tertiary alicyclic amines) is 1. The smallest absolute Gasteiger partial charge is 0.251 e. The van der Waals surface area contributed by atoms with E-state index < -0.39 is 0 Å². The molecule has 1 aromatic carbocycles. The summed E-state index contributed by atoms with van der Waals surface area (Å²) in [7, 11) is 0. The van der Waals surface area contributed by atoms with Crippen molar-refractivity contribution in [1.82, 2.24) is 10.2 Å². The maximum absolute atomic E-state index is 12.3. The van der Waals surface area contributed by atoms with Crippen molar-refractivity contribution in [3.8, 4) is 0 Å². The van der Waals surface area contributed by atoms with E-state index in [1.165, 1.54) is 0 Å². The molecule has 4 heteroatoms. The first-order valence-corrected chi connectivity index (χ1v) is 6.99. The Morgan fingerprint density at radius 1 is 1.53 bits per heavy atom. The van der Waals surface area contributed by atoms with E-state index in [1.54, 1.807) is 6.07 Å². The highest BCUT2D eigenvalue weighted by molar-refractivity contribution is 5.96. The highest BCUT2D eigenvalue weighted by Crippen LogP contribution is 2.14. The van der Waals surface area contributed by atoms with Gasteiger partial charge < -0.3 is 16.0 Å². The summed E-state index contributed by atoms with van der Waals surface area (Å²) < 4.78 is 0. The van der Waals surface area contributed by atoms with Crippen LogP contribution in [-0.4, -0.2) is 36.5 Å². The lowest BCUT2D eigenvalue weighted by Crippen LogP contribution is -2.47. The van der Waals surface area contributed by atoms with Crippen LogP contribution >= 0.6 is 0 Å². The molecule has 1 fully saturated rings. The second-order valence-corrected chi connectivity index (χ2v) is 5.28. The zero-order chi connectivity index (χ0) is 13.8. The number of carbonyl (C=O) groups excluding carboxylic acids is 1. The Balaban J connectivity index is 2.02. The van der Waals surface area contributed by atoms with Crippen molar-refractivity contribution < 1.29 is 4.79 Å².